The molecule has 2 amide bonds. The van der Waals surface area contributed by atoms with Crippen molar-refractivity contribution in [2.75, 3.05) is 25.0 Å². The molecule has 0 radical (unpaired) electrons. The largest absolute Gasteiger partial charge is 0.530 e. The molecule has 2 N–H and O–H groups in total. The molecule has 36 heavy (non-hydrogen) atoms. The summed E-state index contributed by atoms with van der Waals surface area (Å²) in [4.78, 5) is 24.1. The molecule has 0 aliphatic carbocycles. The van der Waals surface area contributed by atoms with Gasteiger partial charge in [-0.25, -0.2) is 8.42 Å². The van der Waals surface area contributed by atoms with E-state index in [4.69, 9.17) is 0 Å². The van der Waals surface area contributed by atoms with E-state index in [9.17, 15) is 28.2 Å². The summed E-state index contributed by atoms with van der Waals surface area (Å²) in [6.07, 6.45) is -1.29. The summed E-state index contributed by atoms with van der Waals surface area (Å²) in [5.41, 5.74) is 1.23. The molecule has 9 nitrogen and oxygen atoms in total. The number of sulfonamides is 1. The number of nitrogens with zero attached hydrogens (tertiary/aromatic N) is 2. The lowest BCUT2D eigenvalue weighted by atomic mass is 9.99. The highest BCUT2D eigenvalue weighted by Crippen LogP contribution is 2.22. The third-order valence-electron chi connectivity index (χ3n) is 5.46. The molecule has 0 saturated carbocycles. The van der Waals surface area contributed by atoms with Crippen LogP contribution in [0.4, 0.5) is 10.5 Å². The molecular weight excluding hydrogens is 482 g/mol. The predicted molar refractivity (Wildman–Crippen MR) is 137 cm³/mol. The number of carboxylic acid groups (broad SMARTS) is 1. The SMILES string of the molecule is C=CCN(C(=O)[O-])[C@@H](Cc1ccccc1)[C@H](O)CN(CC(C)C)S(=O)(=O)c1ccc(NC(C)=O)cc1. The number of hydrogen-bond donors (Lipinski definition) is 2. The highest BCUT2D eigenvalue weighted by atomic mass is 32.2. The fourth-order valence-corrected chi connectivity index (χ4v) is 5.49. The number of benzene rings is 2. The fraction of sp³-hybridized carbons (Fsp3) is 0.385. The summed E-state index contributed by atoms with van der Waals surface area (Å²) in [6.45, 7) is 8.33. The lowest BCUT2D eigenvalue weighted by Crippen LogP contribution is -2.56. The minimum Gasteiger partial charge on any atom is -0.530 e. The highest BCUT2D eigenvalue weighted by molar-refractivity contribution is 7.89. The minimum atomic E-state index is -4.04. The van der Waals surface area contributed by atoms with Crippen LogP contribution in [0.15, 0.2) is 72.1 Å². The van der Waals surface area contributed by atoms with Crippen molar-refractivity contribution in [2.45, 2.75) is 44.2 Å². The molecule has 0 heterocycles. The fourth-order valence-electron chi connectivity index (χ4n) is 3.86. The van der Waals surface area contributed by atoms with Gasteiger partial charge in [0.2, 0.25) is 15.9 Å². The summed E-state index contributed by atoms with van der Waals surface area (Å²) in [6, 6.07) is 13.8. The Bertz CT molecular complexity index is 1120. The minimum absolute atomic E-state index is 0.00749. The van der Waals surface area contributed by atoms with E-state index >= 15 is 0 Å². The quantitative estimate of drug-likeness (QED) is 0.392. The van der Waals surface area contributed by atoms with Crippen LogP contribution in [0.5, 0.6) is 0 Å². The Morgan fingerprint density at radius 2 is 1.69 bits per heavy atom. The van der Waals surface area contributed by atoms with E-state index in [0.717, 1.165) is 14.8 Å². The first-order chi connectivity index (χ1) is 16.9. The predicted octanol–water partition coefficient (Wildman–Crippen LogP) is 2.10. The van der Waals surface area contributed by atoms with Crippen molar-refractivity contribution in [3.63, 3.8) is 0 Å². The molecule has 0 fully saturated rings. The van der Waals surface area contributed by atoms with Gasteiger partial charge in [0.05, 0.1) is 17.0 Å². The molecule has 0 aliphatic rings. The Morgan fingerprint density at radius 1 is 1.08 bits per heavy atom. The molecule has 0 spiro atoms. The van der Waals surface area contributed by atoms with Crippen LogP contribution in [0.3, 0.4) is 0 Å². The number of carbonyl (C=O) groups is 2. The molecule has 0 saturated heterocycles. The molecule has 2 atom stereocenters. The first kappa shape index (κ1) is 29.0. The maximum Gasteiger partial charge on any atom is 0.243 e. The van der Waals surface area contributed by atoms with Gasteiger partial charge in [-0.1, -0.05) is 50.3 Å². The number of rotatable bonds is 13. The van der Waals surface area contributed by atoms with E-state index < -0.39 is 28.3 Å². The van der Waals surface area contributed by atoms with Crippen LogP contribution in [-0.4, -0.2) is 66.5 Å². The second-order valence-electron chi connectivity index (χ2n) is 8.95. The average molecular weight is 517 g/mol. The Labute approximate surface area is 213 Å². The van der Waals surface area contributed by atoms with Gasteiger partial charge in [-0.05, 0) is 42.2 Å². The summed E-state index contributed by atoms with van der Waals surface area (Å²) >= 11 is 0. The first-order valence-electron chi connectivity index (χ1n) is 11.6. The Morgan fingerprint density at radius 3 is 2.19 bits per heavy atom. The van der Waals surface area contributed by atoms with Crippen LogP contribution in [-0.2, 0) is 21.2 Å². The van der Waals surface area contributed by atoms with E-state index in [1.54, 1.807) is 24.3 Å². The summed E-state index contributed by atoms with van der Waals surface area (Å²) < 4.78 is 28.2. The van der Waals surface area contributed by atoms with E-state index in [0.29, 0.717) is 5.69 Å². The van der Waals surface area contributed by atoms with Gasteiger partial charge in [0.15, 0.2) is 0 Å². The zero-order valence-corrected chi connectivity index (χ0v) is 21.6. The molecular formula is C26H34N3O6S-. The standard InChI is InChI=1S/C26H35N3O6S/c1-5-15-29(26(32)33)24(16-21-9-7-6-8-10-21)25(31)18-28(17-19(2)3)36(34,35)23-13-11-22(12-14-23)27-20(4)30/h5-14,19,24-25,31H,1,15-18H2,2-4H3,(H,27,30)(H,32,33)/p-1/t24-,25+/m0/s1. The highest BCUT2D eigenvalue weighted by Gasteiger charge is 2.33. The number of carbonyl (C=O) groups excluding carboxylic acids is 2. The number of aliphatic hydroxyl groups excluding tert-OH is 1. The van der Waals surface area contributed by atoms with Crippen molar-refractivity contribution < 1.29 is 28.2 Å². The van der Waals surface area contributed by atoms with Gasteiger partial charge in [0.25, 0.3) is 0 Å². The second-order valence-corrected chi connectivity index (χ2v) is 10.9. The van der Waals surface area contributed by atoms with Crippen molar-refractivity contribution >= 4 is 27.7 Å². The monoisotopic (exact) mass is 516 g/mol. The van der Waals surface area contributed by atoms with Gasteiger partial charge in [0.1, 0.15) is 6.09 Å². The third kappa shape index (κ3) is 8.18. The summed E-state index contributed by atoms with van der Waals surface area (Å²) in [7, 11) is -4.04. The number of hydrogen-bond acceptors (Lipinski definition) is 6. The number of amides is 2. The van der Waals surface area contributed by atoms with Gasteiger partial charge in [-0.2, -0.15) is 4.31 Å². The van der Waals surface area contributed by atoms with Gasteiger partial charge in [-0.15, -0.1) is 6.58 Å². The molecule has 0 aliphatic heterocycles. The summed E-state index contributed by atoms with van der Waals surface area (Å²) in [5, 5.41) is 25.7. The molecule has 2 rings (SSSR count). The van der Waals surface area contributed by atoms with Crippen molar-refractivity contribution in [3.05, 3.63) is 72.8 Å². The van der Waals surface area contributed by atoms with Crippen molar-refractivity contribution in [2.24, 2.45) is 5.92 Å². The molecule has 196 valence electrons. The molecule has 2 aromatic carbocycles. The smallest absolute Gasteiger partial charge is 0.243 e. The van der Waals surface area contributed by atoms with Crippen molar-refractivity contribution in [1.29, 1.82) is 0 Å². The van der Waals surface area contributed by atoms with E-state index in [-0.39, 0.29) is 42.8 Å². The first-order valence-corrected chi connectivity index (χ1v) is 13.1. The van der Waals surface area contributed by atoms with Gasteiger partial charge in [0, 0.05) is 32.2 Å². The number of nitrogens with one attached hydrogen (secondary N) is 1. The van der Waals surface area contributed by atoms with Crippen LogP contribution in [0.25, 0.3) is 0 Å². The summed E-state index contributed by atoms with van der Waals surface area (Å²) in [5.74, 6) is -0.347. The number of anilines is 1. The van der Waals surface area contributed by atoms with Crippen LogP contribution in [0, 0.1) is 5.92 Å². The maximum absolute atomic E-state index is 13.5. The topological polar surface area (TPSA) is 130 Å². The van der Waals surface area contributed by atoms with Gasteiger partial charge in [-0.3, -0.25) is 4.79 Å². The third-order valence-corrected chi connectivity index (χ3v) is 7.31. The molecule has 10 heteroatoms. The Balaban J connectivity index is 2.39. The molecule has 0 unspecified atom stereocenters. The van der Waals surface area contributed by atoms with E-state index in [1.807, 2.05) is 19.9 Å². The second kappa shape index (κ2) is 13.2. The van der Waals surface area contributed by atoms with Crippen molar-refractivity contribution in [3.8, 4) is 0 Å². The zero-order valence-electron chi connectivity index (χ0n) is 20.8. The van der Waals surface area contributed by atoms with Gasteiger partial charge < -0.3 is 25.2 Å². The normalized spacial score (nSPS) is 13.3. The molecule has 0 aromatic heterocycles. The van der Waals surface area contributed by atoms with Crippen LogP contribution in [0.2, 0.25) is 0 Å². The Hall–Kier alpha value is -3.21. The van der Waals surface area contributed by atoms with Gasteiger partial charge >= 0.3 is 0 Å². The van der Waals surface area contributed by atoms with Crippen LogP contribution in [0.1, 0.15) is 26.3 Å². The zero-order chi connectivity index (χ0) is 26.9. The number of aliphatic hydroxyl groups is 1. The molecule has 2 aromatic rings. The van der Waals surface area contributed by atoms with E-state index in [2.05, 4.69) is 11.9 Å². The Kier molecular flexibility index (Phi) is 10.6. The van der Waals surface area contributed by atoms with Crippen LogP contribution < -0.4 is 10.4 Å². The maximum atomic E-state index is 13.5. The van der Waals surface area contributed by atoms with E-state index in [1.165, 1.54) is 37.3 Å². The lowest BCUT2D eigenvalue weighted by Gasteiger charge is -2.38. The van der Waals surface area contributed by atoms with Crippen LogP contribution >= 0.6 is 0 Å². The lowest BCUT2D eigenvalue weighted by molar-refractivity contribution is -0.269. The molecule has 0 bridgehead atoms. The van der Waals surface area contributed by atoms with Crippen molar-refractivity contribution in [1.82, 2.24) is 9.21 Å². The average Bonchev–Trinajstić information content (AvgIpc) is 2.81.